The molecule has 1 fully saturated rings. The number of anilines is 1. The van der Waals surface area contributed by atoms with Crippen molar-refractivity contribution < 1.29 is 4.74 Å². The largest absolute Gasteiger partial charge is 0.379 e. The van der Waals surface area contributed by atoms with Crippen LogP contribution < -0.4 is 10.9 Å². The number of aromatic nitrogens is 4. The summed E-state index contributed by atoms with van der Waals surface area (Å²) in [6, 6.07) is 5.38. The lowest BCUT2D eigenvalue weighted by atomic mass is 10.2. The van der Waals surface area contributed by atoms with Gasteiger partial charge in [0.15, 0.2) is 11.2 Å². The molecule has 0 amide bonds. The first-order valence-corrected chi connectivity index (χ1v) is 10.8. The molecule has 0 saturated carbocycles. The number of fused-ring (bicyclic) bond motifs is 1. The molecule has 31 heavy (non-hydrogen) atoms. The molecule has 168 valence electrons. The minimum Gasteiger partial charge on any atom is -0.379 e. The van der Waals surface area contributed by atoms with Crippen molar-refractivity contribution in [1.82, 2.24) is 24.4 Å². The number of nitrogens with zero attached hydrogens (tertiary/aromatic N) is 4. The molecule has 1 aromatic carbocycles. The van der Waals surface area contributed by atoms with Crippen LogP contribution in [0.3, 0.4) is 0 Å². The van der Waals surface area contributed by atoms with E-state index in [4.69, 9.17) is 27.9 Å². The molecule has 4 rings (SSSR count). The van der Waals surface area contributed by atoms with E-state index in [0.717, 1.165) is 57.8 Å². The fraction of sp³-hybridized carbons (Fsp3) is 0.450. The third kappa shape index (κ3) is 6.11. The Morgan fingerprint density at radius 2 is 1.90 bits per heavy atom. The molecule has 2 N–H and O–H groups in total. The van der Waals surface area contributed by atoms with E-state index in [-0.39, 0.29) is 18.0 Å². The average molecular weight is 488 g/mol. The first-order valence-electron chi connectivity index (χ1n) is 10.0. The molecule has 1 saturated heterocycles. The number of nitrogens with one attached hydrogen (secondary N) is 2. The molecule has 0 aliphatic carbocycles. The predicted molar refractivity (Wildman–Crippen MR) is 126 cm³/mol. The summed E-state index contributed by atoms with van der Waals surface area (Å²) in [5.41, 5.74) is 1.66. The van der Waals surface area contributed by atoms with Gasteiger partial charge in [-0.1, -0.05) is 29.3 Å². The zero-order chi connectivity index (χ0) is 20.9. The molecular weight excluding hydrogens is 463 g/mol. The molecule has 0 spiro atoms. The number of ether oxygens (including phenoxy) is 1. The van der Waals surface area contributed by atoms with Gasteiger partial charge in [0.2, 0.25) is 5.95 Å². The van der Waals surface area contributed by atoms with E-state index in [2.05, 4.69) is 25.2 Å². The number of rotatable bonds is 8. The highest BCUT2D eigenvalue weighted by atomic mass is 35.5. The highest BCUT2D eigenvalue weighted by Gasteiger charge is 2.12. The average Bonchev–Trinajstić information content (AvgIpc) is 3.16. The quantitative estimate of drug-likeness (QED) is 0.472. The number of unbranched alkanes of at least 4 members (excludes halogenated alkanes) is 1. The molecule has 11 heteroatoms. The number of aromatic amines is 1. The van der Waals surface area contributed by atoms with Crippen molar-refractivity contribution in [3.63, 3.8) is 0 Å². The van der Waals surface area contributed by atoms with Gasteiger partial charge in [0, 0.05) is 26.2 Å². The van der Waals surface area contributed by atoms with E-state index < -0.39 is 0 Å². The number of benzene rings is 1. The lowest BCUT2D eigenvalue weighted by molar-refractivity contribution is 0.0371. The van der Waals surface area contributed by atoms with Crippen molar-refractivity contribution in [2.24, 2.45) is 0 Å². The van der Waals surface area contributed by atoms with Crippen molar-refractivity contribution in [2.75, 3.05) is 38.2 Å². The maximum atomic E-state index is 12.6. The summed E-state index contributed by atoms with van der Waals surface area (Å²) in [7, 11) is 0. The summed E-state index contributed by atoms with van der Waals surface area (Å²) in [4.78, 5) is 26.6. The third-order valence-electron chi connectivity index (χ3n) is 5.15. The summed E-state index contributed by atoms with van der Waals surface area (Å²) >= 11 is 12.0. The zero-order valence-electron chi connectivity index (χ0n) is 16.9. The van der Waals surface area contributed by atoms with Crippen LogP contribution in [0, 0.1) is 0 Å². The number of hydrogen-bond acceptors (Lipinski definition) is 6. The Labute approximate surface area is 196 Å². The molecule has 8 nitrogen and oxygen atoms in total. The third-order valence-corrected chi connectivity index (χ3v) is 5.89. The predicted octanol–water partition coefficient (Wildman–Crippen LogP) is 3.57. The number of imidazole rings is 1. The molecule has 2 aromatic heterocycles. The molecule has 3 aromatic rings. The summed E-state index contributed by atoms with van der Waals surface area (Å²) in [6.07, 6.45) is 3.72. The van der Waals surface area contributed by atoms with Crippen LogP contribution >= 0.6 is 35.6 Å². The highest BCUT2D eigenvalue weighted by Crippen LogP contribution is 2.22. The Morgan fingerprint density at radius 3 is 2.68 bits per heavy atom. The van der Waals surface area contributed by atoms with Crippen molar-refractivity contribution in [2.45, 2.75) is 25.9 Å². The molecular formula is C20H25Cl3N6O2. The molecule has 3 heterocycles. The van der Waals surface area contributed by atoms with Gasteiger partial charge in [-0.25, -0.2) is 4.98 Å². The standard InChI is InChI=1S/C20H24Cl2N6O2.ClH/c21-15-4-3-14(11-16(15)22)12-23-20-25-18-17(19(29)26-20)28(13-24-18)6-2-1-5-27-7-9-30-10-8-27;/h3-4,11,13H,1-2,5-10,12H2,(H2,23,25,26,29);1H. The first-order chi connectivity index (χ1) is 14.6. The Hall–Kier alpha value is -1.84. The monoisotopic (exact) mass is 486 g/mol. The fourth-order valence-electron chi connectivity index (χ4n) is 3.52. The Balaban J connectivity index is 0.00000272. The molecule has 0 unspecified atom stereocenters. The Kier molecular flexibility index (Phi) is 8.57. The van der Waals surface area contributed by atoms with Gasteiger partial charge in [0.05, 0.1) is 29.6 Å². The number of aryl methyl sites for hydroxylation is 1. The van der Waals surface area contributed by atoms with Crippen molar-refractivity contribution >= 4 is 52.7 Å². The minimum absolute atomic E-state index is 0. The summed E-state index contributed by atoms with van der Waals surface area (Å²) < 4.78 is 7.25. The van der Waals surface area contributed by atoms with Gasteiger partial charge in [0.25, 0.3) is 5.56 Å². The Bertz CT molecular complexity index is 1060. The zero-order valence-corrected chi connectivity index (χ0v) is 19.3. The lowest BCUT2D eigenvalue weighted by Crippen LogP contribution is -2.36. The fourth-order valence-corrected chi connectivity index (χ4v) is 3.84. The van der Waals surface area contributed by atoms with E-state index in [9.17, 15) is 4.79 Å². The van der Waals surface area contributed by atoms with Gasteiger partial charge in [-0.05, 0) is 37.1 Å². The number of morpholine rings is 1. The number of halogens is 3. The second kappa shape index (κ2) is 11.2. The minimum atomic E-state index is -0.206. The van der Waals surface area contributed by atoms with Crippen LogP contribution in [0.5, 0.6) is 0 Å². The van der Waals surface area contributed by atoms with Crippen molar-refractivity contribution in [3.05, 3.63) is 50.5 Å². The van der Waals surface area contributed by atoms with Crippen LogP contribution in [0.4, 0.5) is 5.95 Å². The van der Waals surface area contributed by atoms with Gasteiger partial charge in [-0.2, -0.15) is 4.98 Å². The van der Waals surface area contributed by atoms with Gasteiger partial charge in [0.1, 0.15) is 0 Å². The van der Waals surface area contributed by atoms with Crippen LogP contribution in [0.2, 0.25) is 10.0 Å². The molecule has 1 aliphatic heterocycles. The normalized spacial score (nSPS) is 14.5. The number of H-pyrrole nitrogens is 1. The molecule has 0 bridgehead atoms. The van der Waals surface area contributed by atoms with Gasteiger partial charge >= 0.3 is 0 Å². The molecule has 0 atom stereocenters. The van der Waals surface area contributed by atoms with E-state index in [1.54, 1.807) is 18.5 Å². The highest BCUT2D eigenvalue weighted by molar-refractivity contribution is 6.42. The van der Waals surface area contributed by atoms with Crippen molar-refractivity contribution in [3.8, 4) is 0 Å². The van der Waals surface area contributed by atoms with Gasteiger partial charge < -0.3 is 14.6 Å². The van der Waals surface area contributed by atoms with Crippen LogP contribution in [0.1, 0.15) is 18.4 Å². The second-order valence-electron chi connectivity index (χ2n) is 7.29. The van der Waals surface area contributed by atoms with Gasteiger partial charge in [-0.15, -0.1) is 12.4 Å². The second-order valence-corrected chi connectivity index (χ2v) is 8.10. The SMILES string of the molecule is Cl.O=c1[nH]c(NCc2ccc(Cl)c(Cl)c2)nc2ncn(CCCCN3CCOCC3)c12. The summed E-state index contributed by atoms with van der Waals surface area (Å²) in [5, 5.41) is 4.10. The summed E-state index contributed by atoms with van der Waals surface area (Å²) in [6.45, 7) is 5.86. The number of hydrogen-bond donors (Lipinski definition) is 2. The van der Waals surface area contributed by atoms with Crippen LogP contribution in [-0.4, -0.2) is 57.3 Å². The van der Waals surface area contributed by atoms with E-state index >= 15 is 0 Å². The van der Waals surface area contributed by atoms with Crippen LogP contribution in [-0.2, 0) is 17.8 Å². The summed E-state index contributed by atoms with van der Waals surface area (Å²) in [5.74, 6) is 0.371. The molecule has 1 aliphatic rings. The van der Waals surface area contributed by atoms with Crippen LogP contribution in [0.15, 0.2) is 29.3 Å². The maximum absolute atomic E-state index is 12.6. The smallest absolute Gasteiger partial charge is 0.278 e. The van der Waals surface area contributed by atoms with Gasteiger partial charge in [-0.3, -0.25) is 14.7 Å². The van der Waals surface area contributed by atoms with E-state index in [0.29, 0.717) is 33.7 Å². The van der Waals surface area contributed by atoms with E-state index in [1.165, 1.54) is 0 Å². The Morgan fingerprint density at radius 1 is 1.13 bits per heavy atom. The molecule has 0 radical (unpaired) electrons. The van der Waals surface area contributed by atoms with Crippen LogP contribution in [0.25, 0.3) is 11.2 Å². The maximum Gasteiger partial charge on any atom is 0.278 e. The van der Waals surface area contributed by atoms with E-state index in [1.807, 2.05) is 10.6 Å². The lowest BCUT2D eigenvalue weighted by Gasteiger charge is -2.26. The van der Waals surface area contributed by atoms with Crippen molar-refractivity contribution in [1.29, 1.82) is 0 Å². The topological polar surface area (TPSA) is 88.1 Å². The first kappa shape index (κ1) is 23.8.